The summed E-state index contributed by atoms with van der Waals surface area (Å²) in [5, 5.41) is 0.188. The standard InChI is InChI=1S/C14H21ClN2O2S/c1-14(2)7-4-9-17(10-8-14)20(18,19)13-11(15)5-3-6-12(13)16/h3,5-6H,4,7-10,16H2,1-2H3. The molecule has 0 amide bonds. The van der Waals surface area contributed by atoms with Gasteiger partial charge in [-0.2, -0.15) is 4.31 Å². The lowest BCUT2D eigenvalue weighted by atomic mass is 9.85. The van der Waals surface area contributed by atoms with E-state index in [-0.39, 0.29) is 21.0 Å². The molecule has 0 bridgehead atoms. The zero-order chi connectivity index (χ0) is 15.0. The molecule has 1 aliphatic heterocycles. The Morgan fingerprint density at radius 2 is 1.95 bits per heavy atom. The molecule has 1 aliphatic rings. The number of rotatable bonds is 2. The molecule has 2 rings (SSSR count). The molecule has 20 heavy (non-hydrogen) atoms. The first kappa shape index (κ1) is 15.6. The van der Waals surface area contributed by atoms with Crippen molar-refractivity contribution in [2.75, 3.05) is 18.8 Å². The highest BCUT2D eigenvalue weighted by Crippen LogP contribution is 2.34. The first-order chi connectivity index (χ1) is 9.24. The van der Waals surface area contributed by atoms with Gasteiger partial charge in [-0.05, 0) is 36.8 Å². The lowest BCUT2D eigenvalue weighted by molar-refractivity contribution is 0.315. The predicted octanol–water partition coefficient (Wildman–Crippen LogP) is 3.12. The van der Waals surface area contributed by atoms with Gasteiger partial charge in [-0.25, -0.2) is 8.42 Å². The Kier molecular flexibility index (Phi) is 4.33. The Bertz CT molecular complexity index is 579. The van der Waals surface area contributed by atoms with Crippen LogP contribution in [0.2, 0.25) is 5.02 Å². The second kappa shape index (κ2) is 5.54. The van der Waals surface area contributed by atoms with E-state index in [0.717, 1.165) is 19.3 Å². The minimum atomic E-state index is -3.62. The molecule has 1 fully saturated rings. The highest BCUT2D eigenvalue weighted by molar-refractivity contribution is 7.89. The summed E-state index contributed by atoms with van der Waals surface area (Å²) in [7, 11) is -3.62. The van der Waals surface area contributed by atoms with Crippen LogP contribution in [0.15, 0.2) is 23.1 Å². The fourth-order valence-electron chi connectivity index (χ4n) is 2.57. The van der Waals surface area contributed by atoms with Gasteiger partial charge < -0.3 is 5.73 Å². The van der Waals surface area contributed by atoms with E-state index in [1.54, 1.807) is 18.2 Å². The Morgan fingerprint density at radius 1 is 1.25 bits per heavy atom. The maximum absolute atomic E-state index is 12.8. The van der Waals surface area contributed by atoms with Crippen LogP contribution in [-0.2, 0) is 10.0 Å². The van der Waals surface area contributed by atoms with E-state index in [9.17, 15) is 8.42 Å². The van der Waals surface area contributed by atoms with E-state index >= 15 is 0 Å². The van der Waals surface area contributed by atoms with Gasteiger partial charge in [0, 0.05) is 13.1 Å². The fraction of sp³-hybridized carbons (Fsp3) is 0.571. The van der Waals surface area contributed by atoms with E-state index in [2.05, 4.69) is 13.8 Å². The van der Waals surface area contributed by atoms with Crippen LogP contribution >= 0.6 is 11.6 Å². The van der Waals surface area contributed by atoms with Crippen LogP contribution in [0.3, 0.4) is 0 Å². The molecule has 4 nitrogen and oxygen atoms in total. The Morgan fingerprint density at radius 3 is 2.60 bits per heavy atom. The quantitative estimate of drug-likeness (QED) is 0.853. The lowest BCUT2D eigenvalue weighted by Crippen LogP contribution is -2.33. The molecular weight excluding hydrogens is 296 g/mol. The molecule has 0 unspecified atom stereocenters. The summed E-state index contributed by atoms with van der Waals surface area (Å²) in [6.45, 7) is 5.39. The zero-order valence-corrected chi connectivity index (χ0v) is 13.5. The number of nitrogens with zero attached hydrogens (tertiary/aromatic N) is 1. The van der Waals surface area contributed by atoms with E-state index in [1.807, 2.05) is 0 Å². The molecule has 0 atom stereocenters. The monoisotopic (exact) mass is 316 g/mol. The van der Waals surface area contributed by atoms with Crippen molar-refractivity contribution in [3.05, 3.63) is 23.2 Å². The number of nitrogen functional groups attached to an aromatic ring is 1. The number of anilines is 1. The number of nitrogens with two attached hydrogens (primary N) is 1. The number of sulfonamides is 1. The molecule has 1 aromatic carbocycles. The molecule has 1 aromatic rings. The van der Waals surface area contributed by atoms with Gasteiger partial charge in [-0.3, -0.25) is 0 Å². The predicted molar refractivity (Wildman–Crippen MR) is 82.3 cm³/mol. The average molecular weight is 317 g/mol. The largest absolute Gasteiger partial charge is 0.398 e. The molecular formula is C14H21ClN2O2S. The maximum atomic E-state index is 12.8. The smallest absolute Gasteiger partial charge is 0.246 e. The van der Waals surface area contributed by atoms with E-state index in [1.165, 1.54) is 4.31 Å². The molecule has 0 aromatic heterocycles. The Labute approximate surface area is 126 Å². The summed E-state index contributed by atoms with van der Waals surface area (Å²) in [5.74, 6) is 0. The minimum Gasteiger partial charge on any atom is -0.398 e. The van der Waals surface area contributed by atoms with Crippen molar-refractivity contribution in [1.29, 1.82) is 0 Å². The van der Waals surface area contributed by atoms with Crippen LogP contribution in [0.1, 0.15) is 33.1 Å². The zero-order valence-electron chi connectivity index (χ0n) is 11.9. The van der Waals surface area contributed by atoms with Crippen LogP contribution in [-0.4, -0.2) is 25.8 Å². The summed E-state index contributed by atoms with van der Waals surface area (Å²) in [6, 6.07) is 4.79. The molecule has 0 spiro atoms. The SMILES string of the molecule is CC1(C)CCCN(S(=O)(=O)c2c(N)cccc2Cl)CC1. The summed E-state index contributed by atoms with van der Waals surface area (Å²) in [5.41, 5.74) is 6.20. The second-order valence-electron chi connectivity index (χ2n) is 6.08. The normalized spacial score (nSPS) is 20.6. The summed E-state index contributed by atoms with van der Waals surface area (Å²) in [4.78, 5) is 0.0429. The Balaban J connectivity index is 2.36. The summed E-state index contributed by atoms with van der Waals surface area (Å²) < 4.78 is 27.0. The van der Waals surface area contributed by atoms with Gasteiger partial charge in [-0.15, -0.1) is 0 Å². The van der Waals surface area contributed by atoms with Crippen LogP contribution in [0.5, 0.6) is 0 Å². The number of benzene rings is 1. The molecule has 0 radical (unpaired) electrons. The molecule has 2 N–H and O–H groups in total. The van der Waals surface area contributed by atoms with E-state index < -0.39 is 10.0 Å². The third-order valence-electron chi connectivity index (χ3n) is 3.89. The summed E-state index contributed by atoms with van der Waals surface area (Å²) >= 11 is 6.04. The van der Waals surface area contributed by atoms with Crippen molar-refractivity contribution in [3.8, 4) is 0 Å². The number of hydrogen-bond donors (Lipinski definition) is 1. The van der Waals surface area contributed by atoms with Crippen molar-refractivity contribution in [2.24, 2.45) is 5.41 Å². The van der Waals surface area contributed by atoms with Crippen LogP contribution in [0.4, 0.5) is 5.69 Å². The molecule has 6 heteroatoms. The minimum absolute atomic E-state index is 0.0429. The fourth-order valence-corrected chi connectivity index (χ4v) is 4.68. The third-order valence-corrected chi connectivity index (χ3v) is 6.34. The van der Waals surface area contributed by atoms with Gasteiger partial charge in [-0.1, -0.05) is 31.5 Å². The average Bonchev–Trinajstić information content (AvgIpc) is 2.50. The van der Waals surface area contributed by atoms with Crippen LogP contribution < -0.4 is 5.73 Å². The molecule has 0 aliphatic carbocycles. The second-order valence-corrected chi connectivity index (χ2v) is 8.36. The van der Waals surface area contributed by atoms with Gasteiger partial charge in [0.25, 0.3) is 0 Å². The first-order valence-corrected chi connectivity index (χ1v) is 8.60. The van der Waals surface area contributed by atoms with Gasteiger partial charge in [0.15, 0.2) is 0 Å². The lowest BCUT2D eigenvalue weighted by Gasteiger charge is -2.23. The van der Waals surface area contributed by atoms with E-state index in [4.69, 9.17) is 17.3 Å². The van der Waals surface area contributed by atoms with Crippen molar-refractivity contribution >= 4 is 27.3 Å². The third kappa shape index (κ3) is 3.10. The molecule has 112 valence electrons. The van der Waals surface area contributed by atoms with Gasteiger partial charge in [0.1, 0.15) is 4.90 Å². The summed E-state index contributed by atoms with van der Waals surface area (Å²) in [6.07, 6.45) is 2.73. The van der Waals surface area contributed by atoms with Crippen molar-refractivity contribution in [1.82, 2.24) is 4.31 Å². The van der Waals surface area contributed by atoms with Gasteiger partial charge in [0.05, 0.1) is 10.7 Å². The molecule has 0 saturated carbocycles. The van der Waals surface area contributed by atoms with Crippen LogP contribution in [0.25, 0.3) is 0 Å². The maximum Gasteiger partial charge on any atom is 0.246 e. The van der Waals surface area contributed by atoms with Crippen molar-refractivity contribution in [2.45, 2.75) is 38.0 Å². The Hall–Kier alpha value is -0.780. The molecule has 1 heterocycles. The number of hydrogen-bond acceptors (Lipinski definition) is 3. The van der Waals surface area contributed by atoms with Crippen molar-refractivity contribution < 1.29 is 8.42 Å². The molecule has 1 saturated heterocycles. The van der Waals surface area contributed by atoms with E-state index in [0.29, 0.717) is 13.1 Å². The topological polar surface area (TPSA) is 63.4 Å². The van der Waals surface area contributed by atoms with Gasteiger partial charge >= 0.3 is 0 Å². The first-order valence-electron chi connectivity index (χ1n) is 6.78. The highest BCUT2D eigenvalue weighted by Gasteiger charge is 2.32. The number of halogens is 1. The highest BCUT2D eigenvalue weighted by atomic mass is 35.5. The van der Waals surface area contributed by atoms with Gasteiger partial charge in [0.2, 0.25) is 10.0 Å². The van der Waals surface area contributed by atoms with Crippen molar-refractivity contribution in [3.63, 3.8) is 0 Å². The van der Waals surface area contributed by atoms with Crippen LogP contribution in [0, 0.1) is 5.41 Å².